The maximum atomic E-state index is 13.6. The second kappa shape index (κ2) is 9.55. The SMILES string of the molecule is Cc1cc(C(F)(F)F)nn1CCCNC(=O)c1ccc(COc2c(F)c(F)cc(F)c2F)o1. The molecule has 0 aliphatic rings. The molecule has 1 N–H and O–H groups in total. The third kappa shape index (κ3) is 5.65. The Labute approximate surface area is 181 Å². The summed E-state index contributed by atoms with van der Waals surface area (Å²) in [5, 5.41) is 5.96. The minimum absolute atomic E-state index is 0.0375. The molecule has 0 fully saturated rings. The maximum Gasteiger partial charge on any atom is 0.435 e. The Morgan fingerprint density at radius 3 is 2.39 bits per heavy atom. The summed E-state index contributed by atoms with van der Waals surface area (Å²) in [6, 6.07) is 3.45. The number of carbonyl (C=O) groups excluding carboxylic acids is 1. The predicted molar refractivity (Wildman–Crippen MR) is 98.2 cm³/mol. The van der Waals surface area contributed by atoms with E-state index in [0.29, 0.717) is 5.69 Å². The van der Waals surface area contributed by atoms with Crippen LogP contribution in [-0.4, -0.2) is 22.2 Å². The van der Waals surface area contributed by atoms with Crippen molar-refractivity contribution in [2.75, 3.05) is 6.54 Å². The van der Waals surface area contributed by atoms with Crippen LogP contribution < -0.4 is 10.1 Å². The summed E-state index contributed by atoms with van der Waals surface area (Å²) in [5.74, 6) is -8.88. The van der Waals surface area contributed by atoms with E-state index in [-0.39, 0.29) is 37.1 Å². The van der Waals surface area contributed by atoms with Gasteiger partial charge < -0.3 is 14.5 Å². The summed E-state index contributed by atoms with van der Waals surface area (Å²) in [4.78, 5) is 12.1. The van der Waals surface area contributed by atoms with Crippen molar-refractivity contribution in [1.82, 2.24) is 15.1 Å². The Hall–Kier alpha value is -3.51. The lowest BCUT2D eigenvalue weighted by atomic mass is 10.3. The van der Waals surface area contributed by atoms with Gasteiger partial charge in [0.05, 0.1) is 0 Å². The first-order valence-electron chi connectivity index (χ1n) is 9.41. The van der Waals surface area contributed by atoms with E-state index in [9.17, 15) is 35.5 Å². The molecule has 3 rings (SSSR count). The van der Waals surface area contributed by atoms with Gasteiger partial charge in [0, 0.05) is 24.8 Å². The summed E-state index contributed by atoms with van der Waals surface area (Å²) >= 11 is 0. The van der Waals surface area contributed by atoms with Crippen molar-refractivity contribution in [2.24, 2.45) is 0 Å². The molecule has 0 unspecified atom stereocenters. The van der Waals surface area contributed by atoms with Crippen molar-refractivity contribution in [3.8, 4) is 5.75 Å². The van der Waals surface area contributed by atoms with Crippen LogP contribution in [-0.2, 0) is 19.3 Å². The van der Waals surface area contributed by atoms with Gasteiger partial charge in [-0.15, -0.1) is 0 Å². The number of benzene rings is 1. The molecule has 178 valence electrons. The van der Waals surface area contributed by atoms with Crippen LogP contribution in [0.3, 0.4) is 0 Å². The molecule has 0 aliphatic heterocycles. The fraction of sp³-hybridized carbons (Fsp3) is 0.300. The molecule has 0 aliphatic carbocycles. The number of nitrogens with one attached hydrogen (secondary N) is 1. The van der Waals surface area contributed by atoms with E-state index in [0.717, 1.165) is 6.07 Å². The molecule has 1 aromatic carbocycles. The van der Waals surface area contributed by atoms with E-state index in [1.807, 2.05) is 0 Å². The van der Waals surface area contributed by atoms with E-state index >= 15 is 0 Å². The number of furan rings is 1. The number of nitrogens with zero attached hydrogens (tertiary/aromatic N) is 2. The van der Waals surface area contributed by atoms with Crippen molar-refractivity contribution in [3.05, 3.63) is 70.4 Å². The molecular weight excluding hydrogens is 463 g/mol. The molecule has 33 heavy (non-hydrogen) atoms. The highest BCUT2D eigenvalue weighted by Crippen LogP contribution is 2.29. The number of aryl methyl sites for hydroxylation is 2. The van der Waals surface area contributed by atoms with Crippen molar-refractivity contribution in [3.63, 3.8) is 0 Å². The quantitative estimate of drug-likeness (QED) is 0.288. The zero-order valence-corrected chi connectivity index (χ0v) is 16.9. The van der Waals surface area contributed by atoms with E-state index in [4.69, 9.17) is 9.15 Å². The highest BCUT2D eigenvalue weighted by molar-refractivity contribution is 5.91. The molecule has 2 aromatic heterocycles. The van der Waals surface area contributed by atoms with Gasteiger partial charge in [0.15, 0.2) is 28.8 Å². The monoisotopic (exact) mass is 479 g/mol. The van der Waals surface area contributed by atoms with Crippen LogP contribution in [0.15, 0.2) is 28.7 Å². The Morgan fingerprint density at radius 1 is 1.12 bits per heavy atom. The lowest BCUT2D eigenvalue weighted by molar-refractivity contribution is -0.141. The minimum atomic E-state index is -4.55. The second-order valence-corrected chi connectivity index (χ2v) is 6.85. The first kappa shape index (κ1) is 24.1. The summed E-state index contributed by atoms with van der Waals surface area (Å²) < 4.78 is 103. The molecule has 2 heterocycles. The maximum absolute atomic E-state index is 13.6. The van der Waals surface area contributed by atoms with Crippen LogP contribution in [0.1, 0.15) is 34.1 Å². The Kier molecular flexibility index (Phi) is 6.98. The Balaban J connectivity index is 1.50. The number of halogens is 7. The minimum Gasteiger partial charge on any atom is -0.479 e. The number of rotatable bonds is 8. The molecule has 0 saturated heterocycles. The largest absolute Gasteiger partial charge is 0.479 e. The smallest absolute Gasteiger partial charge is 0.435 e. The third-order valence-electron chi connectivity index (χ3n) is 4.42. The molecular formula is C20H16F7N3O3. The van der Waals surface area contributed by atoms with Gasteiger partial charge >= 0.3 is 6.18 Å². The van der Waals surface area contributed by atoms with Gasteiger partial charge in [0.1, 0.15) is 12.4 Å². The number of hydrogen-bond donors (Lipinski definition) is 1. The number of ether oxygens (including phenoxy) is 1. The lowest BCUT2D eigenvalue weighted by Crippen LogP contribution is -2.25. The van der Waals surface area contributed by atoms with Crippen molar-refractivity contribution >= 4 is 5.91 Å². The first-order valence-corrected chi connectivity index (χ1v) is 9.41. The van der Waals surface area contributed by atoms with Gasteiger partial charge in [-0.1, -0.05) is 0 Å². The van der Waals surface area contributed by atoms with Crippen LogP contribution in [0.4, 0.5) is 30.7 Å². The molecule has 0 atom stereocenters. The second-order valence-electron chi connectivity index (χ2n) is 6.85. The molecule has 3 aromatic rings. The number of aromatic nitrogens is 2. The van der Waals surface area contributed by atoms with Crippen LogP contribution in [0.5, 0.6) is 5.75 Å². The molecule has 1 amide bonds. The average molecular weight is 479 g/mol. The highest BCUT2D eigenvalue weighted by atomic mass is 19.4. The van der Waals surface area contributed by atoms with Gasteiger partial charge in [0.25, 0.3) is 5.91 Å². The summed E-state index contributed by atoms with van der Waals surface area (Å²) in [7, 11) is 0. The average Bonchev–Trinajstić information content (AvgIpc) is 3.36. The highest BCUT2D eigenvalue weighted by Gasteiger charge is 2.34. The van der Waals surface area contributed by atoms with E-state index < -0.39 is 53.4 Å². The number of hydrogen-bond acceptors (Lipinski definition) is 4. The molecule has 6 nitrogen and oxygen atoms in total. The fourth-order valence-corrected chi connectivity index (χ4v) is 2.79. The zero-order chi connectivity index (χ0) is 24.3. The van der Waals surface area contributed by atoms with E-state index in [1.54, 1.807) is 0 Å². The van der Waals surface area contributed by atoms with Gasteiger partial charge in [0.2, 0.25) is 11.6 Å². The zero-order valence-electron chi connectivity index (χ0n) is 16.9. The molecule has 0 bridgehead atoms. The van der Waals surface area contributed by atoms with Gasteiger partial charge in [-0.05, 0) is 31.5 Å². The normalized spacial score (nSPS) is 11.6. The van der Waals surface area contributed by atoms with E-state index in [2.05, 4.69) is 10.4 Å². The molecule has 0 spiro atoms. The summed E-state index contributed by atoms with van der Waals surface area (Å²) in [5.41, 5.74) is -0.689. The van der Waals surface area contributed by atoms with Gasteiger partial charge in [-0.3, -0.25) is 9.48 Å². The van der Waals surface area contributed by atoms with Crippen molar-refractivity contribution < 1.29 is 44.7 Å². The molecule has 0 saturated carbocycles. The fourth-order valence-electron chi connectivity index (χ4n) is 2.79. The van der Waals surface area contributed by atoms with Crippen molar-refractivity contribution in [2.45, 2.75) is 32.7 Å². The van der Waals surface area contributed by atoms with Gasteiger partial charge in [-0.2, -0.15) is 27.1 Å². The lowest BCUT2D eigenvalue weighted by Gasteiger charge is -2.08. The Bertz CT molecular complexity index is 1130. The predicted octanol–water partition coefficient (Wildman–Crippen LogP) is 4.76. The van der Waals surface area contributed by atoms with Crippen LogP contribution in [0, 0.1) is 30.2 Å². The first-order chi connectivity index (χ1) is 15.5. The topological polar surface area (TPSA) is 69.3 Å². The number of amides is 1. The van der Waals surface area contributed by atoms with Crippen LogP contribution >= 0.6 is 0 Å². The van der Waals surface area contributed by atoms with Crippen molar-refractivity contribution in [1.29, 1.82) is 0 Å². The summed E-state index contributed by atoms with van der Waals surface area (Å²) in [6.45, 7) is 1.07. The van der Waals surface area contributed by atoms with Gasteiger partial charge in [-0.25, -0.2) is 8.78 Å². The van der Waals surface area contributed by atoms with Crippen LogP contribution in [0.2, 0.25) is 0 Å². The van der Waals surface area contributed by atoms with Crippen LogP contribution in [0.25, 0.3) is 0 Å². The summed E-state index contributed by atoms with van der Waals surface area (Å²) in [6.07, 6.45) is -4.28. The number of alkyl halides is 3. The third-order valence-corrected chi connectivity index (χ3v) is 4.42. The standard InChI is InChI=1S/C20H16F7N3O3/c1-10-7-15(20(25,26)27)29-30(10)6-2-5-28-19(31)14-4-3-11(33-14)9-32-18-16(23)12(21)8-13(22)17(18)24/h3-4,7-8H,2,5-6,9H2,1H3,(H,28,31). The molecule has 13 heteroatoms. The number of carbonyl (C=O) groups is 1. The van der Waals surface area contributed by atoms with E-state index in [1.165, 1.54) is 23.7 Å². The Morgan fingerprint density at radius 2 is 1.79 bits per heavy atom. The molecule has 0 radical (unpaired) electrons.